The molecular formula is C11H14N4OS. The third kappa shape index (κ3) is 2.98. The van der Waals surface area contributed by atoms with Gasteiger partial charge in [0.2, 0.25) is 0 Å². The van der Waals surface area contributed by atoms with Crippen LogP contribution in [0.3, 0.4) is 0 Å². The molecule has 2 N–H and O–H groups in total. The molecule has 0 bridgehead atoms. The van der Waals surface area contributed by atoms with Gasteiger partial charge in [0.05, 0.1) is 42.0 Å². The van der Waals surface area contributed by atoms with Crippen molar-refractivity contribution in [3.63, 3.8) is 0 Å². The van der Waals surface area contributed by atoms with Gasteiger partial charge < -0.3 is 10.5 Å². The molecular weight excluding hydrogens is 236 g/mol. The normalized spacial score (nSPS) is 12.7. The van der Waals surface area contributed by atoms with Gasteiger partial charge in [0.15, 0.2) is 0 Å². The molecule has 5 nitrogen and oxygen atoms in total. The Kier molecular flexibility index (Phi) is 3.65. The van der Waals surface area contributed by atoms with Gasteiger partial charge in [-0.25, -0.2) is 0 Å². The number of hydrogen-bond acceptors (Lipinski definition) is 6. The molecule has 0 saturated heterocycles. The van der Waals surface area contributed by atoms with Crippen LogP contribution < -0.4 is 10.5 Å². The summed E-state index contributed by atoms with van der Waals surface area (Å²) in [5.74, 6) is 0.719. The van der Waals surface area contributed by atoms with E-state index >= 15 is 0 Å². The molecule has 0 aliphatic heterocycles. The van der Waals surface area contributed by atoms with Gasteiger partial charge in [-0.05, 0) is 25.5 Å². The maximum Gasteiger partial charge on any atom is 0.138 e. The van der Waals surface area contributed by atoms with Crippen molar-refractivity contribution >= 4 is 11.7 Å². The predicted octanol–water partition coefficient (Wildman–Crippen LogP) is 1.77. The van der Waals surface area contributed by atoms with Crippen molar-refractivity contribution in [1.29, 1.82) is 0 Å². The summed E-state index contributed by atoms with van der Waals surface area (Å²) >= 11 is 1.15. The maximum atomic E-state index is 6.07. The van der Waals surface area contributed by atoms with E-state index < -0.39 is 0 Å². The minimum atomic E-state index is -0.308. The highest BCUT2D eigenvalue weighted by Crippen LogP contribution is 2.21. The van der Waals surface area contributed by atoms with Crippen molar-refractivity contribution in [2.24, 2.45) is 5.73 Å². The molecule has 0 aromatic carbocycles. The van der Waals surface area contributed by atoms with Crippen LogP contribution in [0.25, 0.3) is 0 Å². The fourth-order valence-corrected chi connectivity index (χ4v) is 1.88. The molecule has 17 heavy (non-hydrogen) atoms. The standard InChI is InChI=1S/C11H14N4OS/c1-7(2)16-9-3-8(4-13-5-9)11(12)10-6-14-17-15-10/h3-7,11H,12H2,1-2H3. The molecule has 0 saturated carbocycles. The van der Waals surface area contributed by atoms with Crippen LogP contribution >= 0.6 is 11.7 Å². The van der Waals surface area contributed by atoms with Crippen LogP contribution in [-0.4, -0.2) is 19.8 Å². The Morgan fingerprint density at radius 3 is 2.76 bits per heavy atom. The van der Waals surface area contributed by atoms with Crippen molar-refractivity contribution in [2.45, 2.75) is 26.0 Å². The van der Waals surface area contributed by atoms with Crippen LogP contribution in [0, 0.1) is 0 Å². The molecule has 0 spiro atoms. The molecule has 0 aliphatic rings. The smallest absolute Gasteiger partial charge is 0.138 e. The molecule has 2 aromatic rings. The van der Waals surface area contributed by atoms with E-state index in [4.69, 9.17) is 10.5 Å². The molecule has 0 aliphatic carbocycles. The highest BCUT2D eigenvalue weighted by Gasteiger charge is 2.13. The number of nitrogens with two attached hydrogens (primary N) is 1. The lowest BCUT2D eigenvalue weighted by Crippen LogP contribution is -2.13. The Hall–Kier alpha value is -1.53. The van der Waals surface area contributed by atoms with E-state index in [2.05, 4.69) is 13.7 Å². The second-order valence-electron chi connectivity index (χ2n) is 3.93. The van der Waals surface area contributed by atoms with E-state index in [0.717, 1.165) is 28.7 Å². The lowest BCUT2D eigenvalue weighted by Gasteiger charge is -2.12. The third-order valence-corrected chi connectivity index (χ3v) is 2.65. The molecule has 6 heteroatoms. The number of ether oxygens (including phenoxy) is 1. The molecule has 0 fully saturated rings. The molecule has 90 valence electrons. The average molecular weight is 250 g/mol. The average Bonchev–Trinajstić information content (AvgIpc) is 2.81. The van der Waals surface area contributed by atoms with E-state index in [1.807, 2.05) is 19.9 Å². The van der Waals surface area contributed by atoms with Gasteiger partial charge in [-0.2, -0.15) is 8.75 Å². The van der Waals surface area contributed by atoms with Crippen molar-refractivity contribution in [1.82, 2.24) is 13.7 Å². The quantitative estimate of drug-likeness (QED) is 0.895. The topological polar surface area (TPSA) is 73.9 Å². The minimum Gasteiger partial charge on any atom is -0.489 e. The van der Waals surface area contributed by atoms with Crippen LogP contribution in [0.1, 0.15) is 31.1 Å². The molecule has 2 aromatic heterocycles. The fourth-order valence-electron chi connectivity index (χ4n) is 1.42. The minimum absolute atomic E-state index is 0.115. The highest BCUT2D eigenvalue weighted by atomic mass is 32.1. The second kappa shape index (κ2) is 5.20. The van der Waals surface area contributed by atoms with Gasteiger partial charge in [0.25, 0.3) is 0 Å². The van der Waals surface area contributed by atoms with Crippen LogP contribution in [0.5, 0.6) is 5.75 Å². The number of pyridine rings is 1. The molecule has 2 rings (SSSR count). The fraction of sp³-hybridized carbons (Fsp3) is 0.364. The Bertz CT molecular complexity index is 472. The Morgan fingerprint density at radius 1 is 1.29 bits per heavy atom. The molecule has 1 unspecified atom stereocenters. The first-order valence-electron chi connectivity index (χ1n) is 5.31. The Labute approximate surface area is 104 Å². The van der Waals surface area contributed by atoms with E-state index in [-0.39, 0.29) is 12.1 Å². The molecule has 2 heterocycles. The summed E-state index contributed by atoms with van der Waals surface area (Å²) in [6.45, 7) is 3.94. The summed E-state index contributed by atoms with van der Waals surface area (Å²) in [5, 5.41) is 0. The number of hydrogen-bond donors (Lipinski definition) is 1. The van der Waals surface area contributed by atoms with Crippen LogP contribution in [0.4, 0.5) is 0 Å². The third-order valence-electron chi connectivity index (χ3n) is 2.16. The second-order valence-corrected chi connectivity index (χ2v) is 4.49. The predicted molar refractivity (Wildman–Crippen MR) is 65.9 cm³/mol. The SMILES string of the molecule is CC(C)Oc1cncc(C(N)c2cnsn2)c1. The summed E-state index contributed by atoms with van der Waals surface area (Å²) in [4.78, 5) is 4.12. The van der Waals surface area contributed by atoms with E-state index in [0.29, 0.717) is 0 Å². The first-order valence-corrected chi connectivity index (χ1v) is 6.04. The van der Waals surface area contributed by atoms with Gasteiger partial charge in [0.1, 0.15) is 5.75 Å². The highest BCUT2D eigenvalue weighted by molar-refractivity contribution is 6.99. The zero-order chi connectivity index (χ0) is 12.3. The largest absolute Gasteiger partial charge is 0.489 e. The summed E-state index contributed by atoms with van der Waals surface area (Å²) in [6, 6.07) is 1.58. The molecule has 0 amide bonds. The van der Waals surface area contributed by atoms with Crippen LogP contribution in [0.2, 0.25) is 0 Å². The first-order chi connectivity index (χ1) is 8.16. The van der Waals surface area contributed by atoms with Crippen molar-refractivity contribution < 1.29 is 4.74 Å². The van der Waals surface area contributed by atoms with Gasteiger partial charge in [0, 0.05) is 6.20 Å². The summed E-state index contributed by atoms with van der Waals surface area (Å²) < 4.78 is 13.6. The van der Waals surface area contributed by atoms with Gasteiger partial charge in [-0.1, -0.05) is 0 Å². The van der Waals surface area contributed by atoms with E-state index in [9.17, 15) is 0 Å². The lowest BCUT2D eigenvalue weighted by molar-refractivity contribution is 0.241. The lowest BCUT2D eigenvalue weighted by atomic mass is 10.1. The first kappa shape index (κ1) is 11.9. The zero-order valence-electron chi connectivity index (χ0n) is 9.70. The van der Waals surface area contributed by atoms with Crippen molar-refractivity contribution in [3.8, 4) is 5.75 Å². The summed E-state index contributed by atoms with van der Waals surface area (Å²) in [6.07, 6.45) is 5.18. The number of aromatic nitrogens is 3. The van der Waals surface area contributed by atoms with Gasteiger partial charge >= 0.3 is 0 Å². The van der Waals surface area contributed by atoms with E-state index in [1.165, 1.54) is 0 Å². The van der Waals surface area contributed by atoms with Crippen LogP contribution in [-0.2, 0) is 0 Å². The van der Waals surface area contributed by atoms with Crippen LogP contribution in [0.15, 0.2) is 24.7 Å². The zero-order valence-corrected chi connectivity index (χ0v) is 10.5. The summed E-state index contributed by atoms with van der Waals surface area (Å²) in [7, 11) is 0. The number of rotatable bonds is 4. The monoisotopic (exact) mass is 250 g/mol. The number of nitrogens with zero attached hydrogens (tertiary/aromatic N) is 3. The summed E-state index contributed by atoms with van der Waals surface area (Å²) in [5.41, 5.74) is 7.69. The van der Waals surface area contributed by atoms with Crippen molar-refractivity contribution in [2.75, 3.05) is 0 Å². The Balaban J connectivity index is 2.21. The van der Waals surface area contributed by atoms with Crippen molar-refractivity contribution in [3.05, 3.63) is 35.9 Å². The van der Waals surface area contributed by atoms with Gasteiger partial charge in [-0.3, -0.25) is 4.98 Å². The molecule has 1 atom stereocenters. The van der Waals surface area contributed by atoms with Gasteiger partial charge in [-0.15, -0.1) is 0 Å². The Morgan fingerprint density at radius 2 is 2.12 bits per heavy atom. The van der Waals surface area contributed by atoms with E-state index in [1.54, 1.807) is 18.6 Å². The maximum absolute atomic E-state index is 6.07. The molecule has 0 radical (unpaired) electrons.